The van der Waals surface area contributed by atoms with Gasteiger partial charge < -0.3 is 15.5 Å². The van der Waals surface area contributed by atoms with Crippen LogP contribution in [0.1, 0.15) is 48.5 Å². The van der Waals surface area contributed by atoms with Crippen LogP contribution >= 0.6 is 0 Å². The predicted molar refractivity (Wildman–Crippen MR) is 134 cm³/mol. The van der Waals surface area contributed by atoms with Gasteiger partial charge in [-0.05, 0) is 62.1 Å². The molecule has 2 N–H and O–H groups in total. The molecule has 0 spiro atoms. The Balaban J connectivity index is 1.41. The van der Waals surface area contributed by atoms with Gasteiger partial charge in [-0.3, -0.25) is 19.3 Å². The average molecular weight is 463 g/mol. The highest BCUT2D eigenvalue weighted by molar-refractivity contribution is 5.96. The molecule has 1 atom stereocenters. The van der Waals surface area contributed by atoms with Crippen LogP contribution in [0.15, 0.2) is 48.5 Å². The largest absolute Gasteiger partial charge is 0.336 e. The fourth-order valence-electron chi connectivity index (χ4n) is 5.17. The van der Waals surface area contributed by atoms with Crippen LogP contribution in [-0.4, -0.2) is 59.7 Å². The van der Waals surface area contributed by atoms with Crippen LogP contribution in [0.4, 0.5) is 11.4 Å². The van der Waals surface area contributed by atoms with E-state index in [1.165, 1.54) is 6.92 Å². The van der Waals surface area contributed by atoms with Crippen LogP contribution < -0.4 is 10.6 Å². The van der Waals surface area contributed by atoms with E-state index in [1.54, 1.807) is 12.1 Å². The highest BCUT2D eigenvalue weighted by Gasteiger charge is 2.37. The molecule has 1 saturated heterocycles. The third kappa shape index (κ3) is 5.83. The van der Waals surface area contributed by atoms with Gasteiger partial charge in [0.1, 0.15) is 0 Å². The molecule has 0 bridgehead atoms. The van der Waals surface area contributed by atoms with E-state index in [0.29, 0.717) is 37.8 Å². The molecule has 1 saturated carbocycles. The molecule has 0 radical (unpaired) electrons. The maximum absolute atomic E-state index is 13.4. The van der Waals surface area contributed by atoms with Gasteiger partial charge in [-0.25, -0.2) is 0 Å². The summed E-state index contributed by atoms with van der Waals surface area (Å²) in [7, 11) is 0. The molecule has 1 heterocycles. The van der Waals surface area contributed by atoms with Gasteiger partial charge in [0, 0.05) is 50.0 Å². The van der Waals surface area contributed by atoms with E-state index in [0.717, 1.165) is 42.5 Å². The Morgan fingerprint density at radius 1 is 0.882 bits per heavy atom. The molecule has 7 nitrogen and oxygen atoms in total. The van der Waals surface area contributed by atoms with Gasteiger partial charge in [0.2, 0.25) is 11.8 Å². The second-order valence-corrected chi connectivity index (χ2v) is 9.43. The normalized spacial score (nSPS) is 17.9. The molecule has 4 rings (SSSR count). The number of aryl methyl sites for hydroxylation is 1. The molecule has 3 amide bonds. The van der Waals surface area contributed by atoms with E-state index in [1.807, 2.05) is 48.2 Å². The fraction of sp³-hybridized carbons (Fsp3) is 0.444. The molecule has 1 aliphatic carbocycles. The maximum atomic E-state index is 13.4. The van der Waals surface area contributed by atoms with Crippen molar-refractivity contribution in [3.8, 4) is 0 Å². The number of nitrogens with one attached hydrogen (secondary N) is 2. The first-order valence-electron chi connectivity index (χ1n) is 12.2. The summed E-state index contributed by atoms with van der Waals surface area (Å²) in [4.78, 5) is 41.8. The lowest BCUT2D eigenvalue weighted by atomic mass is 9.94. The van der Waals surface area contributed by atoms with Gasteiger partial charge >= 0.3 is 0 Å². The van der Waals surface area contributed by atoms with Crippen molar-refractivity contribution in [3.05, 3.63) is 59.7 Å². The van der Waals surface area contributed by atoms with Gasteiger partial charge in [0.05, 0.1) is 6.04 Å². The van der Waals surface area contributed by atoms with Crippen molar-refractivity contribution >= 4 is 29.1 Å². The Morgan fingerprint density at radius 2 is 1.50 bits per heavy atom. The Labute approximate surface area is 201 Å². The van der Waals surface area contributed by atoms with Crippen molar-refractivity contribution in [2.75, 3.05) is 36.8 Å². The number of amides is 3. The van der Waals surface area contributed by atoms with E-state index >= 15 is 0 Å². The summed E-state index contributed by atoms with van der Waals surface area (Å²) in [5.74, 6) is 0.276. The average Bonchev–Trinajstić information content (AvgIpc) is 3.34. The van der Waals surface area contributed by atoms with E-state index in [-0.39, 0.29) is 23.8 Å². The number of nitrogens with zero attached hydrogens (tertiary/aromatic N) is 2. The third-order valence-electron chi connectivity index (χ3n) is 6.85. The van der Waals surface area contributed by atoms with Crippen molar-refractivity contribution in [1.29, 1.82) is 0 Å². The van der Waals surface area contributed by atoms with Gasteiger partial charge in [-0.2, -0.15) is 0 Å². The molecule has 1 unspecified atom stereocenters. The van der Waals surface area contributed by atoms with Crippen molar-refractivity contribution in [2.24, 2.45) is 5.92 Å². The molecule has 0 aromatic heterocycles. The fourth-order valence-corrected chi connectivity index (χ4v) is 5.17. The number of benzene rings is 2. The first-order valence-corrected chi connectivity index (χ1v) is 12.2. The number of hydrogen-bond acceptors (Lipinski definition) is 4. The summed E-state index contributed by atoms with van der Waals surface area (Å²) in [5.41, 5.74) is 3.22. The van der Waals surface area contributed by atoms with Crippen LogP contribution in [0.5, 0.6) is 0 Å². The number of piperazine rings is 1. The smallest absolute Gasteiger partial charge is 0.253 e. The highest BCUT2D eigenvalue weighted by Crippen LogP contribution is 2.32. The minimum atomic E-state index is -0.200. The van der Waals surface area contributed by atoms with Crippen molar-refractivity contribution in [1.82, 2.24) is 9.80 Å². The monoisotopic (exact) mass is 462 g/mol. The number of hydrogen-bond donors (Lipinski definition) is 2. The lowest BCUT2D eigenvalue weighted by Crippen LogP contribution is -2.56. The predicted octanol–water partition coefficient (Wildman–Crippen LogP) is 3.91. The SMILES string of the molecule is CC(=O)Nc1ccc(NC(=O)C(C2CCCC2)N2CCN(C(=O)c3cccc(C)c3)CC2)cc1. The zero-order valence-electron chi connectivity index (χ0n) is 20.0. The van der Waals surface area contributed by atoms with E-state index in [4.69, 9.17) is 0 Å². The van der Waals surface area contributed by atoms with Crippen LogP contribution in [0.2, 0.25) is 0 Å². The summed E-state index contributed by atoms with van der Waals surface area (Å²) >= 11 is 0. The molecular weight excluding hydrogens is 428 g/mol. The lowest BCUT2D eigenvalue weighted by Gasteiger charge is -2.40. The summed E-state index contributed by atoms with van der Waals surface area (Å²) < 4.78 is 0. The summed E-state index contributed by atoms with van der Waals surface area (Å²) in [5, 5.41) is 5.83. The molecule has 2 fully saturated rings. The van der Waals surface area contributed by atoms with Crippen LogP contribution in [0.3, 0.4) is 0 Å². The van der Waals surface area contributed by atoms with E-state index < -0.39 is 0 Å². The summed E-state index contributed by atoms with van der Waals surface area (Å²) in [6.45, 7) is 6.08. The van der Waals surface area contributed by atoms with Gasteiger partial charge in [0.15, 0.2) is 0 Å². The quantitative estimate of drug-likeness (QED) is 0.682. The van der Waals surface area contributed by atoms with Crippen molar-refractivity contribution in [2.45, 2.75) is 45.6 Å². The lowest BCUT2D eigenvalue weighted by molar-refractivity contribution is -0.124. The second-order valence-electron chi connectivity index (χ2n) is 9.43. The number of rotatable bonds is 6. The zero-order valence-corrected chi connectivity index (χ0v) is 20.0. The van der Waals surface area contributed by atoms with Crippen molar-refractivity contribution in [3.63, 3.8) is 0 Å². The van der Waals surface area contributed by atoms with Gasteiger partial charge in [-0.1, -0.05) is 30.5 Å². The van der Waals surface area contributed by atoms with Gasteiger partial charge in [0.25, 0.3) is 5.91 Å². The number of carbonyl (C=O) groups excluding carboxylic acids is 3. The minimum Gasteiger partial charge on any atom is -0.336 e. The molecule has 7 heteroatoms. The maximum Gasteiger partial charge on any atom is 0.253 e. The van der Waals surface area contributed by atoms with Crippen LogP contribution in [-0.2, 0) is 9.59 Å². The number of carbonyl (C=O) groups is 3. The van der Waals surface area contributed by atoms with Gasteiger partial charge in [-0.15, -0.1) is 0 Å². The molecule has 2 aliphatic rings. The van der Waals surface area contributed by atoms with E-state index in [9.17, 15) is 14.4 Å². The first-order chi connectivity index (χ1) is 16.4. The second kappa shape index (κ2) is 10.8. The summed E-state index contributed by atoms with van der Waals surface area (Å²) in [6, 6.07) is 14.7. The van der Waals surface area contributed by atoms with Crippen LogP contribution in [0.25, 0.3) is 0 Å². The Hall–Kier alpha value is -3.19. The highest BCUT2D eigenvalue weighted by atomic mass is 16.2. The minimum absolute atomic E-state index is 0.0117. The van der Waals surface area contributed by atoms with Crippen molar-refractivity contribution < 1.29 is 14.4 Å². The zero-order chi connectivity index (χ0) is 24.1. The third-order valence-corrected chi connectivity index (χ3v) is 6.85. The molecule has 34 heavy (non-hydrogen) atoms. The molecule has 2 aromatic rings. The molecular formula is C27H34N4O3. The molecule has 1 aliphatic heterocycles. The van der Waals surface area contributed by atoms with Crippen LogP contribution in [0, 0.1) is 12.8 Å². The standard InChI is InChI=1S/C27H34N4O3/c1-19-6-5-9-22(18-19)27(34)31-16-14-30(15-17-31)25(21-7-3-4-8-21)26(33)29-24-12-10-23(11-13-24)28-20(2)32/h5-6,9-13,18,21,25H,3-4,7-8,14-17H2,1-2H3,(H,28,32)(H,29,33). The first kappa shape index (κ1) is 24.0. The Morgan fingerprint density at radius 3 is 2.09 bits per heavy atom. The Kier molecular flexibility index (Phi) is 7.63. The summed E-state index contributed by atoms with van der Waals surface area (Å²) in [6.07, 6.45) is 4.43. The topological polar surface area (TPSA) is 81.8 Å². The van der Waals surface area contributed by atoms with E-state index in [2.05, 4.69) is 15.5 Å². The number of anilines is 2. The molecule has 2 aromatic carbocycles. The molecule has 180 valence electrons. The Bertz CT molecular complexity index is 1020.